The molecule has 4 rings (SSSR count). The number of H-pyrrole nitrogens is 1. The quantitative estimate of drug-likeness (QED) is 0.0708. The smallest absolute Gasteiger partial charge is 0.317 e. The molecule has 1 aromatic heterocycles. The molecule has 2 aliphatic carbocycles. The second kappa shape index (κ2) is 21.1. The number of carbonyl (C=O) groups is 6. The first-order valence-electron chi connectivity index (χ1n) is 18.0. The molecule has 2 aliphatic rings. The predicted octanol–water partition coefficient (Wildman–Crippen LogP) is 1.17. The summed E-state index contributed by atoms with van der Waals surface area (Å²) >= 11 is 0. The van der Waals surface area contributed by atoms with Gasteiger partial charge < -0.3 is 34.7 Å². The molecule has 2 aromatic rings. The molecular formula is C36H50N6O12. The van der Waals surface area contributed by atoms with Crippen LogP contribution in [0.25, 0.3) is 10.9 Å². The van der Waals surface area contributed by atoms with E-state index in [9.17, 15) is 43.8 Å². The van der Waals surface area contributed by atoms with E-state index in [1.54, 1.807) is 24.0 Å². The van der Waals surface area contributed by atoms with E-state index in [-0.39, 0.29) is 57.5 Å². The summed E-state index contributed by atoms with van der Waals surface area (Å²) in [5, 5.41) is 23.1. The first-order chi connectivity index (χ1) is 26.1. The minimum atomic E-state index is -1.17. The van der Waals surface area contributed by atoms with Crippen LogP contribution in [-0.4, -0.2) is 149 Å². The maximum atomic E-state index is 13.9. The number of pyridine rings is 1. The van der Waals surface area contributed by atoms with Gasteiger partial charge in [-0.05, 0) is 44.2 Å². The summed E-state index contributed by atoms with van der Waals surface area (Å²) in [7, 11) is 0. The number of rotatable bonds is 23. The molecule has 1 amide bonds. The number of benzene rings is 1. The highest BCUT2D eigenvalue weighted by molar-refractivity contribution is 6.01. The molecule has 4 atom stereocenters. The van der Waals surface area contributed by atoms with Gasteiger partial charge in [0.2, 0.25) is 11.5 Å². The van der Waals surface area contributed by atoms with Crippen LogP contribution in [0.4, 0.5) is 5.69 Å². The van der Waals surface area contributed by atoms with Crippen molar-refractivity contribution in [1.82, 2.24) is 24.6 Å². The molecule has 0 radical (unpaired) electrons. The van der Waals surface area contributed by atoms with Gasteiger partial charge in [0, 0.05) is 48.7 Å². The van der Waals surface area contributed by atoms with Crippen LogP contribution in [0.1, 0.15) is 56.9 Å². The lowest BCUT2D eigenvalue weighted by atomic mass is 9.87. The number of hydrogen-bond acceptors (Lipinski definition) is 14. The Labute approximate surface area is 312 Å². The van der Waals surface area contributed by atoms with Gasteiger partial charge in [-0.25, -0.2) is 4.90 Å². The lowest BCUT2D eigenvalue weighted by Crippen LogP contribution is -2.59. The molecule has 0 spiro atoms. The number of carboxylic acid groups (broad SMARTS) is 2. The molecule has 4 N–H and O–H groups in total. The first-order valence-corrected chi connectivity index (χ1v) is 18.0. The number of carboxylic acids is 2. The van der Waals surface area contributed by atoms with E-state index in [0.717, 1.165) is 36.6 Å². The van der Waals surface area contributed by atoms with Gasteiger partial charge in [-0.3, -0.25) is 48.3 Å². The number of ether oxygens (including phenoxy) is 3. The highest BCUT2D eigenvalue weighted by Gasteiger charge is 2.39. The van der Waals surface area contributed by atoms with Crippen molar-refractivity contribution in [1.29, 1.82) is 0 Å². The van der Waals surface area contributed by atoms with Gasteiger partial charge >= 0.3 is 11.9 Å². The van der Waals surface area contributed by atoms with Crippen molar-refractivity contribution < 1.29 is 53.2 Å². The minimum Gasteiger partial charge on any atom is -0.480 e. The molecular weight excluding hydrogens is 708 g/mol. The van der Waals surface area contributed by atoms with Crippen LogP contribution >= 0.6 is 0 Å². The number of aromatic amines is 1. The van der Waals surface area contributed by atoms with Crippen LogP contribution in [0.2, 0.25) is 0 Å². The average molecular weight is 759 g/mol. The summed E-state index contributed by atoms with van der Waals surface area (Å²) in [6.45, 7) is 1.69. The fourth-order valence-electron chi connectivity index (χ4n) is 8.01. The molecule has 1 aromatic carbocycles. The number of amides is 1. The largest absolute Gasteiger partial charge is 0.480 e. The molecule has 18 heteroatoms. The number of anilines is 1. The summed E-state index contributed by atoms with van der Waals surface area (Å²) in [6, 6.07) is 5.30. The maximum Gasteiger partial charge on any atom is 0.317 e. The van der Waals surface area contributed by atoms with Crippen LogP contribution in [0.3, 0.4) is 0 Å². The molecule has 0 unspecified atom stereocenters. The Bertz CT molecular complexity index is 1630. The van der Waals surface area contributed by atoms with E-state index in [1.165, 1.54) is 11.0 Å². The van der Waals surface area contributed by atoms with Crippen molar-refractivity contribution in [3.8, 4) is 0 Å². The number of nitrogens with one attached hydrogen (secondary N) is 2. The van der Waals surface area contributed by atoms with Crippen LogP contribution in [0, 0.1) is 6.92 Å². The average Bonchev–Trinajstić information content (AvgIpc) is 3.14. The SMILES string of the molecule is Cc1cc(=O)[nH]c2c(NC(=O)CN(CCN(COC=O)[C@@H]3CCCC[C@H]3N(COC=O)COC=O)[C@H]3CCCC[C@@H]3N(CC(=O)O)CC(=O)O)cccc12. The highest BCUT2D eigenvalue weighted by atomic mass is 16.6. The van der Waals surface area contributed by atoms with Crippen LogP contribution in [0.5, 0.6) is 0 Å². The monoisotopic (exact) mass is 758 g/mol. The number of para-hydroxylation sites is 1. The molecule has 0 aliphatic heterocycles. The molecule has 0 saturated heterocycles. The highest BCUT2D eigenvalue weighted by Crippen LogP contribution is 2.30. The number of carbonyl (C=O) groups excluding carboxylic acids is 4. The number of aryl methyl sites for hydroxylation is 1. The topological polar surface area (TPSA) is 228 Å². The third-order valence-corrected chi connectivity index (χ3v) is 10.2. The van der Waals surface area contributed by atoms with Crippen molar-refractivity contribution in [3.05, 3.63) is 40.2 Å². The van der Waals surface area contributed by atoms with Crippen LogP contribution in [-0.2, 0) is 43.0 Å². The fraction of sp³-hybridized carbons (Fsp3) is 0.583. The molecule has 0 bridgehead atoms. The van der Waals surface area contributed by atoms with Crippen molar-refractivity contribution in [2.45, 2.75) is 82.5 Å². The number of nitrogens with zero attached hydrogens (tertiary/aromatic N) is 4. The van der Waals surface area contributed by atoms with E-state index in [1.807, 2.05) is 15.9 Å². The summed E-state index contributed by atoms with van der Waals surface area (Å²) in [6.07, 6.45) is 5.60. The van der Waals surface area contributed by atoms with Crippen LogP contribution in [0.15, 0.2) is 29.1 Å². The Hall–Kier alpha value is -4.91. The van der Waals surface area contributed by atoms with Gasteiger partial charge in [0.1, 0.15) is 20.2 Å². The lowest BCUT2D eigenvalue weighted by Gasteiger charge is -2.46. The molecule has 2 fully saturated rings. The van der Waals surface area contributed by atoms with E-state index in [2.05, 4.69) is 10.3 Å². The van der Waals surface area contributed by atoms with E-state index >= 15 is 0 Å². The van der Waals surface area contributed by atoms with Crippen molar-refractivity contribution in [2.24, 2.45) is 0 Å². The summed E-state index contributed by atoms with van der Waals surface area (Å²) in [5.41, 5.74) is 1.28. The van der Waals surface area contributed by atoms with Crippen molar-refractivity contribution in [2.75, 3.05) is 58.2 Å². The normalized spacial score (nSPS) is 20.2. The van der Waals surface area contributed by atoms with Crippen LogP contribution < -0.4 is 10.9 Å². The number of aliphatic carboxylic acids is 2. The Kier molecular flexibility index (Phi) is 16.3. The number of fused-ring (bicyclic) bond motifs is 1. The van der Waals surface area contributed by atoms with Crippen molar-refractivity contribution >= 4 is 53.9 Å². The predicted molar refractivity (Wildman–Crippen MR) is 193 cm³/mol. The van der Waals surface area contributed by atoms with E-state index in [0.29, 0.717) is 56.3 Å². The Balaban J connectivity index is 1.67. The van der Waals surface area contributed by atoms with Gasteiger partial charge in [0.15, 0.2) is 0 Å². The third kappa shape index (κ3) is 11.8. The summed E-state index contributed by atoms with van der Waals surface area (Å²) in [5.74, 6) is -2.76. The van der Waals surface area contributed by atoms with Gasteiger partial charge in [0.25, 0.3) is 19.4 Å². The van der Waals surface area contributed by atoms with Crippen molar-refractivity contribution in [3.63, 3.8) is 0 Å². The second-order valence-corrected chi connectivity index (χ2v) is 13.7. The third-order valence-electron chi connectivity index (χ3n) is 10.2. The molecule has 18 nitrogen and oxygen atoms in total. The summed E-state index contributed by atoms with van der Waals surface area (Å²) < 4.78 is 15.3. The Morgan fingerprint density at radius 1 is 0.741 bits per heavy atom. The van der Waals surface area contributed by atoms with Gasteiger partial charge in [-0.2, -0.15) is 0 Å². The van der Waals surface area contributed by atoms with Gasteiger partial charge in [0.05, 0.1) is 30.8 Å². The zero-order valence-corrected chi connectivity index (χ0v) is 30.4. The maximum absolute atomic E-state index is 13.9. The zero-order chi connectivity index (χ0) is 39.0. The van der Waals surface area contributed by atoms with Gasteiger partial charge in [-0.15, -0.1) is 0 Å². The molecule has 1 heterocycles. The standard InChI is InChI=1S/C36H50N6O12/c1-25-15-32(46)38-36-26(25)7-6-8-27(36)37-33(47)16-39(28-9-2-4-11-30(28)41(17-34(48)49)18-35(50)51)13-14-40(19-52-22-43)29-10-3-5-12-31(29)42(20-53-23-44)21-54-24-45/h6-8,15,22-24,28-31H,2-5,9-14,16-21H2,1H3,(H,37,47)(H,38,46)(H,48,49)(H,50,51)/t28-,29+,30-,31+/m0/s1. The zero-order valence-electron chi connectivity index (χ0n) is 30.4. The van der Waals surface area contributed by atoms with Gasteiger partial charge in [-0.1, -0.05) is 37.8 Å². The number of aromatic nitrogens is 1. The molecule has 54 heavy (non-hydrogen) atoms. The second-order valence-electron chi connectivity index (χ2n) is 13.7. The van der Waals surface area contributed by atoms with E-state index < -0.39 is 43.0 Å². The number of hydrogen-bond donors (Lipinski definition) is 4. The molecule has 2 saturated carbocycles. The lowest BCUT2D eigenvalue weighted by molar-refractivity contribution is -0.151. The Morgan fingerprint density at radius 3 is 1.76 bits per heavy atom. The minimum absolute atomic E-state index is 0.109. The fourth-order valence-corrected chi connectivity index (χ4v) is 8.01. The van der Waals surface area contributed by atoms with E-state index in [4.69, 9.17) is 14.2 Å². The molecule has 296 valence electrons. The summed E-state index contributed by atoms with van der Waals surface area (Å²) in [4.78, 5) is 93.6. The Morgan fingerprint density at radius 2 is 1.22 bits per heavy atom. The first kappa shape index (κ1) is 41.8.